The minimum Gasteiger partial charge on any atom is -0.506 e. The fourth-order valence-corrected chi connectivity index (χ4v) is 2.42. The molecular formula is C10H4Cl4O. The fraction of sp³-hybridized carbons (Fsp3) is 0. The van der Waals surface area contributed by atoms with Crippen molar-refractivity contribution in [2.75, 3.05) is 0 Å². The van der Waals surface area contributed by atoms with Crippen molar-refractivity contribution in [3.05, 3.63) is 38.3 Å². The van der Waals surface area contributed by atoms with E-state index in [0.29, 0.717) is 15.8 Å². The van der Waals surface area contributed by atoms with Gasteiger partial charge in [0.25, 0.3) is 0 Å². The first kappa shape index (κ1) is 11.2. The lowest BCUT2D eigenvalue weighted by atomic mass is 10.1. The van der Waals surface area contributed by atoms with Crippen LogP contribution < -0.4 is 0 Å². The van der Waals surface area contributed by atoms with Gasteiger partial charge in [0.1, 0.15) is 10.8 Å². The van der Waals surface area contributed by atoms with E-state index < -0.39 is 0 Å². The maximum Gasteiger partial charge on any atom is 0.143 e. The van der Waals surface area contributed by atoms with Crippen molar-refractivity contribution in [3.8, 4) is 5.75 Å². The number of rotatable bonds is 0. The molecule has 78 valence electrons. The molecule has 0 aliphatic rings. The van der Waals surface area contributed by atoms with E-state index in [1.54, 1.807) is 18.2 Å². The third kappa shape index (κ3) is 1.64. The second kappa shape index (κ2) is 3.91. The quantitative estimate of drug-likeness (QED) is 0.662. The van der Waals surface area contributed by atoms with Crippen LogP contribution in [0, 0.1) is 0 Å². The summed E-state index contributed by atoms with van der Waals surface area (Å²) in [4.78, 5) is 0. The molecule has 0 heterocycles. The van der Waals surface area contributed by atoms with Crippen molar-refractivity contribution >= 4 is 57.2 Å². The fourth-order valence-electron chi connectivity index (χ4n) is 1.37. The molecule has 2 aromatic carbocycles. The molecular weight excluding hydrogens is 278 g/mol. The van der Waals surface area contributed by atoms with E-state index in [0.717, 1.165) is 0 Å². The summed E-state index contributed by atoms with van der Waals surface area (Å²) in [5.74, 6) is -0.108. The number of aromatic hydroxyl groups is 1. The van der Waals surface area contributed by atoms with Crippen LogP contribution in [-0.4, -0.2) is 5.11 Å². The number of halogens is 4. The molecule has 0 fully saturated rings. The molecule has 2 aromatic rings. The van der Waals surface area contributed by atoms with Gasteiger partial charge in [0, 0.05) is 10.8 Å². The van der Waals surface area contributed by atoms with E-state index in [2.05, 4.69) is 0 Å². The standard InChI is InChI=1S/C10H4Cl4O/c11-5-3-1-2-4-6(5)7(12)8(13)9(14)10(4)15/h1-3,15H. The molecule has 0 bridgehead atoms. The SMILES string of the molecule is Oc1c(Cl)c(Cl)c(Cl)c2c(Cl)cccc12. The van der Waals surface area contributed by atoms with E-state index in [1.165, 1.54) is 0 Å². The highest BCUT2D eigenvalue weighted by Gasteiger charge is 2.16. The summed E-state index contributed by atoms with van der Waals surface area (Å²) >= 11 is 23.6. The Hall–Kier alpha value is -0.340. The van der Waals surface area contributed by atoms with Gasteiger partial charge in [-0.25, -0.2) is 0 Å². The summed E-state index contributed by atoms with van der Waals surface area (Å²) in [6, 6.07) is 5.04. The van der Waals surface area contributed by atoms with Crippen molar-refractivity contribution in [2.45, 2.75) is 0 Å². The van der Waals surface area contributed by atoms with Crippen LogP contribution in [0.3, 0.4) is 0 Å². The van der Waals surface area contributed by atoms with Gasteiger partial charge in [-0.3, -0.25) is 0 Å². The number of phenols is 1. The molecule has 0 aliphatic carbocycles. The molecule has 1 N–H and O–H groups in total. The van der Waals surface area contributed by atoms with Crippen molar-refractivity contribution in [2.24, 2.45) is 0 Å². The number of benzene rings is 2. The molecule has 5 heteroatoms. The molecule has 0 saturated heterocycles. The maximum atomic E-state index is 9.75. The van der Waals surface area contributed by atoms with E-state index in [1.807, 2.05) is 0 Å². The second-order valence-corrected chi connectivity index (χ2v) is 4.49. The third-order valence-electron chi connectivity index (χ3n) is 2.08. The number of hydrogen-bond donors (Lipinski definition) is 1. The molecule has 0 unspecified atom stereocenters. The van der Waals surface area contributed by atoms with Crippen LogP contribution in [0.4, 0.5) is 0 Å². The number of hydrogen-bond acceptors (Lipinski definition) is 1. The van der Waals surface area contributed by atoms with E-state index >= 15 is 0 Å². The first-order chi connectivity index (χ1) is 7.04. The van der Waals surface area contributed by atoms with Gasteiger partial charge in [0.05, 0.1) is 15.1 Å². The lowest BCUT2D eigenvalue weighted by Crippen LogP contribution is -1.81. The zero-order valence-corrected chi connectivity index (χ0v) is 10.2. The highest BCUT2D eigenvalue weighted by atomic mass is 35.5. The zero-order chi connectivity index (χ0) is 11.2. The van der Waals surface area contributed by atoms with E-state index in [9.17, 15) is 5.11 Å². The topological polar surface area (TPSA) is 20.2 Å². The molecule has 0 saturated carbocycles. The predicted octanol–water partition coefficient (Wildman–Crippen LogP) is 5.16. The average Bonchev–Trinajstić information content (AvgIpc) is 2.23. The van der Waals surface area contributed by atoms with E-state index in [4.69, 9.17) is 46.4 Å². The van der Waals surface area contributed by atoms with Crippen LogP contribution in [0.1, 0.15) is 0 Å². The summed E-state index contributed by atoms with van der Waals surface area (Å²) in [6.45, 7) is 0. The molecule has 0 aromatic heterocycles. The summed E-state index contributed by atoms with van der Waals surface area (Å²) in [5.41, 5.74) is 0. The van der Waals surface area contributed by atoms with Crippen LogP contribution in [-0.2, 0) is 0 Å². The molecule has 0 spiro atoms. The van der Waals surface area contributed by atoms with Crippen LogP contribution in [0.2, 0.25) is 20.1 Å². The van der Waals surface area contributed by atoms with Crippen molar-refractivity contribution in [1.29, 1.82) is 0 Å². The Bertz CT molecular complexity index is 551. The Morgan fingerprint density at radius 2 is 1.53 bits per heavy atom. The Kier molecular flexibility index (Phi) is 2.91. The largest absolute Gasteiger partial charge is 0.506 e. The van der Waals surface area contributed by atoms with Gasteiger partial charge in [-0.2, -0.15) is 0 Å². The monoisotopic (exact) mass is 280 g/mol. The maximum absolute atomic E-state index is 9.75. The van der Waals surface area contributed by atoms with E-state index in [-0.39, 0.29) is 20.8 Å². The molecule has 0 aliphatic heterocycles. The molecule has 2 rings (SSSR count). The zero-order valence-electron chi connectivity index (χ0n) is 7.19. The summed E-state index contributed by atoms with van der Waals surface area (Å²) in [7, 11) is 0. The summed E-state index contributed by atoms with van der Waals surface area (Å²) < 4.78 is 0. The summed E-state index contributed by atoms with van der Waals surface area (Å²) in [5, 5.41) is 11.6. The first-order valence-electron chi connectivity index (χ1n) is 3.97. The predicted molar refractivity (Wildman–Crippen MR) is 65.7 cm³/mol. The van der Waals surface area contributed by atoms with Crippen molar-refractivity contribution in [1.82, 2.24) is 0 Å². The van der Waals surface area contributed by atoms with Gasteiger partial charge in [-0.1, -0.05) is 58.5 Å². The van der Waals surface area contributed by atoms with Gasteiger partial charge in [0.2, 0.25) is 0 Å². The molecule has 0 atom stereocenters. The smallest absolute Gasteiger partial charge is 0.143 e. The second-order valence-electron chi connectivity index (χ2n) is 2.95. The van der Waals surface area contributed by atoms with Crippen LogP contribution >= 0.6 is 46.4 Å². The minimum absolute atomic E-state index is 0.0384. The van der Waals surface area contributed by atoms with Gasteiger partial charge in [-0.15, -0.1) is 0 Å². The first-order valence-corrected chi connectivity index (χ1v) is 5.49. The Balaban J connectivity index is 3.08. The Labute approximate surface area is 106 Å². The Morgan fingerprint density at radius 3 is 2.20 bits per heavy atom. The van der Waals surface area contributed by atoms with Gasteiger partial charge < -0.3 is 5.11 Å². The molecule has 1 nitrogen and oxygen atoms in total. The van der Waals surface area contributed by atoms with Crippen LogP contribution in [0.15, 0.2) is 18.2 Å². The van der Waals surface area contributed by atoms with Crippen LogP contribution in [0.25, 0.3) is 10.8 Å². The summed E-state index contributed by atoms with van der Waals surface area (Å²) in [6.07, 6.45) is 0. The van der Waals surface area contributed by atoms with Crippen molar-refractivity contribution in [3.63, 3.8) is 0 Å². The van der Waals surface area contributed by atoms with Gasteiger partial charge in [-0.05, 0) is 6.07 Å². The highest BCUT2D eigenvalue weighted by molar-refractivity contribution is 6.53. The Morgan fingerprint density at radius 1 is 0.867 bits per heavy atom. The lowest BCUT2D eigenvalue weighted by Gasteiger charge is -2.09. The number of phenolic OH excluding ortho intramolecular Hbond substituents is 1. The number of fused-ring (bicyclic) bond motifs is 1. The van der Waals surface area contributed by atoms with Gasteiger partial charge in [0.15, 0.2) is 0 Å². The third-order valence-corrected chi connectivity index (χ3v) is 3.71. The lowest BCUT2D eigenvalue weighted by molar-refractivity contribution is 0.482. The molecule has 15 heavy (non-hydrogen) atoms. The molecule has 0 radical (unpaired) electrons. The highest BCUT2D eigenvalue weighted by Crippen LogP contribution is 2.46. The minimum atomic E-state index is -0.108. The molecule has 0 amide bonds. The average molecular weight is 282 g/mol. The van der Waals surface area contributed by atoms with Crippen molar-refractivity contribution < 1.29 is 5.11 Å². The normalized spacial score (nSPS) is 10.9. The van der Waals surface area contributed by atoms with Crippen LogP contribution in [0.5, 0.6) is 5.75 Å². The van der Waals surface area contributed by atoms with Gasteiger partial charge >= 0.3 is 0 Å².